The van der Waals surface area contributed by atoms with E-state index in [1.165, 1.54) is 11.1 Å². The van der Waals surface area contributed by atoms with E-state index in [1.54, 1.807) is 0 Å². The van der Waals surface area contributed by atoms with Crippen LogP contribution in [0.1, 0.15) is 50.7 Å². The molecule has 27 heavy (non-hydrogen) atoms. The second-order valence-electron chi connectivity index (χ2n) is 8.09. The van der Waals surface area contributed by atoms with Crippen LogP contribution in [-0.4, -0.2) is 53.8 Å². The lowest BCUT2D eigenvalue weighted by molar-refractivity contribution is -0.138. The van der Waals surface area contributed by atoms with Gasteiger partial charge >= 0.3 is 0 Å². The van der Waals surface area contributed by atoms with Gasteiger partial charge in [0.15, 0.2) is 0 Å². The number of hydrogen-bond acceptors (Lipinski definition) is 3. The van der Waals surface area contributed by atoms with Gasteiger partial charge in [-0.2, -0.15) is 0 Å². The molecule has 3 rings (SSSR count). The third kappa shape index (κ3) is 5.32. The van der Waals surface area contributed by atoms with E-state index in [9.17, 15) is 9.59 Å². The molecular formula is C22H33N3O2. The molecular weight excluding hydrogens is 338 g/mol. The molecule has 0 saturated carbocycles. The van der Waals surface area contributed by atoms with Crippen molar-refractivity contribution >= 4 is 11.8 Å². The molecule has 0 bridgehead atoms. The summed E-state index contributed by atoms with van der Waals surface area (Å²) in [4.78, 5) is 29.3. The molecule has 0 unspecified atom stereocenters. The molecule has 2 amide bonds. The van der Waals surface area contributed by atoms with E-state index in [-0.39, 0.29) is 17.9 Å². The van der Waals surface area contributed by atoms with Gasteiger partial charge in [0.25, 0.3) is 0 Å². The minimum absolute atomic E-state index is 0.105. The first-order valence-electron chi connectivity index (χ1n) is 10.4. The molecule has 0 spiro atoms. The van der Waals surface area contributed by atoms with Crippen LogP contribution in [0.15, 0.2) is 24.3 Å². The number of fused-ring (bicyclic) bond motifs is 1. The Morgan fingerprint density at radius 1 is 1.15 bits per heavy atom. The molecule has 0 radical (unpaired) electrons. The number of likely N-dealkylation sites (tertiary alicyclic amines) is 1. The van der Waals surface area contributed by atoms with E-state index >= 15 is 0 Å². The average Bonchev–Trinajstić information content (AvgIpc) is 2.67. The van der Waals surface area contributed by atoms with Gasteiger partial charge in [-0.1, -0.05) is 37.6 Å². The van der Waals surface area contributed by atoms with Crippen LogP contribution in [0.25, 0.3) is 0 Å². The molecule has 1 aromatic carbocycles. The van der Waals surface area contributed by atoms with Gasteiger partial charge in [-0.25, -0.2) is 0 Å². The Bertz CT molecular complexity index is 653. The summed E-state index contributed by atoms with van der Waals surface area (Å²) in [6.45, 7) is 7.87. The Morgan fingerprint density at radius 2 is 1.85 bits per heavy atom. The maximum absolute atomic E-state index is 12.9. The standard InChI is InChI=1S/C22H33N3O2/c1-3-6-17(2)23-21(26)16-24-12-9-19(10-13-24)22(27)25-14-11-18-7-4-5-8-20(18)15-25/h4-5,7-8,17,19H,3,6,9-16H2,1-2H3,(H,23,26)/t17-/m1/s1. The van der Waals surface area contributed by atoms with E-state index in [4.69, 9.17) is 0 Å². The monoisotopic (exact) mass is 371 g/mol. The van der Waals surface area contributed by atoms with Gasteiger partial charge in [-0.05, 0) is 56.8 Å². The largest absolute Gasteiger partial charge is 0.353 e. The second-order valence-corrected chi connectivity index (χ2v) is 8.09. The molecule has 2 aliphatic heterocycles. The number of benzene rings is 1. The maximum Gasteiger partial charge on any atom is 0.234 e. The van der Waals surface area contributed by atoms with Crippen molar-refractivity contribution in [2.75, 3.05) is 26.2 Å². The van der Waals surface area contributed by atoms with Crippen LogP contribution in [-0.2, 0) is 22.6 Å². The summed E-state index contributed by atoms with van der Waals surface area (Å²) in [6.07, 6.45) is 4.76. The van der Waals surface area contributed by atoms with Gasteiger partial charge in [-0.3, -0.25) is 14.5 Å². The number of carbonyl (C=O) groups excluding carboxylic acids is 2. The van der Waals surface area contributed by atoms with Crippen molar-refractivity contribution in [1.82, 2.24) is 15.1 Å². The first kappa shape index (κ1) is 19.9. The molecule has 2 heterocycles. The summed E-state index contributed by atoms with van der Waals surface area (Å²) in [7, 11) is 0. The number of amides is 2. The molecule has 1 atom stereocenters. The van der Waals surface area contributed by atoms with Crippen molar-refractivity contribution in [2.24, 2.45) is 5.92 Å². The van der Waals surface area contributed by atoms with E-state index in [0.717, 1.165) is 58.3 Å². The summed E-state index contributed by atoms with van der Waals surface area (Å²) in [5.74, 6) is 0.507. The fourth-order valence-electron chi connectivity index (χ4n) is 4.31. The number of piperidine rings is 1. The number of nitrogens with zero attached hydrogens (tertiary/aromatic N) is 2. The summed E-state index contributed by atoms with van der Waals surface area (Å²) < 4.78 is 0. The first-order chi connectivity index (χ1) is 13.1. The zero-order valence-electron chi connectivity index (χ0n) is 16.7. The Balaban J connectivity index is 1.44. The van der Waals surface area contributed by atoms with Crippen LogP contribution >= 0.6 is 0 Å². The van der Waals surface area contributed by atoms with Crippen molar-refractivity contribution in [3.05, 3.63) is 35.4 Å². The summed E-state index contributed by atoms with van der Waals surface area (Å²) in [5, 5.41) is 3.07. The Morgan fingerprint density at radius 3 is 2.56 bits per heavy atom. The van der Waals surface area contributed by atoms with Crippen molar-refractivity contribution in [1.29, 1.82) is 0 Å². The van der Waals surface area contributed by atoms with Crippen LogP contribution in [0, 0.1) is 5.92 Å². The third-order valence-electron chi connectivity index (χ3n) is 5.88. The highest BCUT2D eigenvalue weighted by molar-refractivity contribution is 5.80. The SMILES string of the molecule is CCC[C@@H](C)NC(=O)CN1CCC(C(=O)N2CCc3ccccc3C2)CC1. The molecule has 1 aromatic rings. The summed E-state index contributed by atoms with van der Waals surface area (Å²) in [5.41, 5.74) is 2.66. The zero-order valence-corrected chi connectivity index (χ0v) is 16.7. The molecule has 1 fully saturated rings. The third-order valence-corrected chi connectivity index (χ3v) is 5.88. The van der Waals surface area contributed by atoms with Crippen LogP contribution in [0.3, 0.4) is 0 Å². The van der Waals surface area contributed by atoms with E-state index in [0.29, 0.717) is 12.5 Å². The molecule has 5 heteroatoms. The Hall–Kier alpha value is -1.88. The summed E-state index contributed by atoms with van der Waals surface area (Å²) >= 11 is 0. The number of nitrogens with one attached hydrogen (secondary N) is 1. The number of carbonyl (C=O) groups is 2. The maximum atomic E-state index is 12.9. The normalized spacial score (nSPS) is 19.4. The molecule has 5 nitrogen and oxygen atoms in total. The highest BCUT2D eigenvalue weighted by atomic mass is 16.2. The molecule has 0 aliphatic carbocycles. The average molecular weight is 372 g/mol. The van der Waals surface area contributed by atoms with Gasteiger partial charge in [0.2, 0.25) is 11.8 Å². The van der Waals surface area contributed by atoms with Crippen LogP contribution in [0.5, 0.6) is 0 Å². The fraction of sp³-hybridized carbons (Fsp3) is 0.636. The minimum atomic E-state index is 0.105. The highest BCUT2D eigenvalue weighted by Crippen LogP contribution is 2.24. The van der Waals surface area contributed by atoms with E-state index in [2.05, 4.69) is 48.3 Å². The molecule has 2 aliphatic rings. The molecule has 0 aromatic heterocycles. The van der Waals surface area contributed by atoms with Gasteiger partial charge in [0, 0.05) is 25.0 Å². The van der Waals surface area contributed by atoms with Crippen molar-refractivity contribution < 1.29 is 9.59 Å². The fourth-order valence-corrected chi connectivity index (χ4v) is 4.31. The smallest absolute Gasteiger partial charge is 0.234 e. The summed E-state index contributed by atoms with van der Waals surface area (Å²) in [6, 6.07) is 8.67. The second kappa shape index (κ2) is 9.36. The van der Waals surface area contributed by atoms with Crippen molar-refractivity contribution in [2.45, 2.75) is 58.5 Å². The topological polar surface area (TPSA) is 52.7 Å². The Kier molecular flexibility index (Phi) is 6.89. The lowest BCUT2D eigenvalue weighted by atomic mass is 9.93. The quantitative estimate of drug-likeness (QED) is 0.836. The first-order valence-corrected chi connectivity index (χ1v) is 10.4. The predicted octanol–water partition coefficient (Wildman–Crippen LogP) is 2.59. The van der Waals surface area contributed by atoms with Crippen molar-refractivity contribution in [3.63, 3.8) is 0 Å². The molecule has 1 N–H and O–H groups in total. The molecule has 148 valence electrons. The number of hydrogen-bond donors (Lipinski definition) is 1. The highest BCUT2D eigenvalue weighted by Gasteiger charge is 2.30. The number of rotatable bonds is 6. The van der Waals surface area contributed by atoms with Gasteiger partial charge < -0.3 is 10.2 Å². The van der Waals surface area contributed by atoms with E-state index in [1.807, 2.05) is 4.90 Å². The lowest BCUT2D eigenvalue weighted by Gasteiger charge is -2.36. The molecule has 1 saturated heterocycles. The van der Waals surface area contributed by atoms with Gasteiger partial charge in [0.1, 0.15) is 0 Å². The zero-order chi connectivity index (χ0) is 19.2. The Labute approximate surface area is 163 Å². The van der Waals surface area contributed by atoms with Gasteiger partial charge in [-0.15, -0.1) is 0 Å². The minimum Gasteiger partial charge on any atom is -0.353 e. The van der Waals surface area contributed by atoms with Crippen LogP contribution in [0.2, 0.25) is 0 Å². The van der Waals surface area contributed by atoms with Crippen molar-refractivity contribution in [3.8, 4) is 0 Å². The van der Waals surface area contributed by atoms with Crippen LogP contribution < -0.4 is 5.32 Å². The van der Waals surface area contributed by atoms with Gasteiger partial charge in [0.05, 0.1) is 6.54 Å². The predicted molar refractivity (Wildman–Crippen MR) is 107 cm³/mol. The van der Waals surface area contributed by atoms with Crippen LogP contribution in [0.4, 0.5) is 0 Å². The lowest BCUT2D eigenvalue weighted by Crippen LogP contribution is -2.47. The van der Waals surface area contributed by atoms with E-state index < -0.39 is 0 Å².